The number of ether oxygens (including phenoxy) is 1. The van der Waals surface area contributed by atoms with E-state index < -0.39 is 11.6 Å². The Labute approximate surface area is 219 Å². The molecule has 10 heteroatoms. The van der Waals surface area contributed by atoms with Crippen LogP contribution in [0.3, 0.4) is 0 Å². The number of aromatic nitrogens is 4. The third kappa shape index (κ3) is 4.81. The number of benzene rings is 1. The number of anilines is 3. The number of nitrogens with one attached hydrogen (secondary N) is 1. The zero-order valence-electron chi connectivity index (χ0n) is 21.3. The minimum Gasteiger partial charge on any atom is -0.381 e. The van der Waals surface area contributed by atoms with Crippen LogP contribution in [-0.4, -0.2) is 51.9 Å². The van der Waals surface area contributed by atoms with Crippen LogP contribution in [-0.2, 0) is 4.74 Å². The molecule has 38 heavy (non-hydrogen) atoms. The van der Waals surface area contributed by atoms with Crippen molar-refractivity contribution in [3.05, 3.63) is 66.1 Å². The molecule has 1 aromatic carbocycles. The summed E-state index contributed by atoms with van der Waals surface area (Å²) in [5.41, 5.74) is 9.40. The fraction of sp³-hybridized carbons (Fsp3) is 0.393. The first-order valence-corrected chi connectivity index (χ1v) is 13.1. The predicted molar refractivity (Wildman–Crippen MR) is 143 cm³/mol. The summed E-state index contributed by atoms with van der Waals surface area (Å²) in [5, 5.41) is 7.90. The van der Waals surface area contributed by atoms with E-state index in [2.05, 4.69) is 32.2 Å². The summed E-state index contributed by atoms with van der Waals surface area (Å²) in [6, 6.07) is 8.27. The number of pyridine rings is 1. The zero-order valence-corrected chi connectivity index (χ0v) is 21.3. The fourth-order valence-corrected chi connectivity index (χ4v) is 5.68. The lowest BCUT2D eigenvalue weighted by Crippen LogP contribution is -2.46. The average molecular weight is 520 g/mol. The molecule has 8 nitrogen and oxygen atoms in total. The van der Waals surface area contributed by atoms with E-state index in [0.29, 0.717) is 36.2 Å². The quantitative estimate of drug-likeness (QED) is 0.388. The van der Waals surface area contributed by atoms with Crippen LogP contribution in [0.5, 0.6) is 0 Å². The van der Waals surface area contributed by atoms with Gasteiger partial charge in [-0.1, -0.05) is 6.92 Å². The molecular weight excluding hydrogens is 488 g/mol. The molecule has 0 radical (unpaired) electrons. The highest BCUT2D eigenvalue weighted by Gasteiger charge is 2.25. The van der Waals surface area contributed by atoms with Crippen molar-refractivity contribution in [3.63, 3.8) is 0 Å². The number of imidazole rings is 1. The van der Waals surface area contributed by atoms with E-state index >= 15 is 8.78 Å². The summed E-state index contributed by atoms with van der Waals surface area (Å²) < 4.78 is 37.5. The number of rotatable bonds is 5. The van der Waals surface area contributed by atoms with Crippen LogP contribution in [0.1, 0.15) is 37.7 Å². The molecule has 4 aromatic rings. The van der Waals surface area contributed by atoms with E-state index in [4.69, 9.17) is 10.5 Å². The van der Waals surface area contributed by atoms with Crippen molar-refractivity contribution in [1.29, 1.82) is 0 Å². The second kappa shape index (κ2) is 10.3. The highest BCUT2D eigenvalue weighted by atomic mass is 19.1. The maximum Gasteiger partial charge on any atom is 0.229 e. The molecule has 2 saturated heterocycles. The van der Waals surface area contributed by atoms with Crippen molar-refractivity contribution in [3.8, 4) is 11.3 Å². The van der Waals surface area contributed by atoms with E-state index in [1.54, 1.807) is 35.2 Å². The Balaban J connectivity index is 1.32. The van der Waals surface area contributed by atoms with Crippen molar-refractivity contribution < 1.29 is 13.5 Å². The van der Waals surface area contributed by atoms with Crippen molar-refractivity contribution in [2.75, 3.05) is 36.5 Å². The summed E-state index contributed by atoms with van der Waals surface area (Å²) in [5.74, 6) is -0.270. The van der Waals surface area contributed by atoms with E-state index in [0.717, 1.165) is 43.7 Å². The van der Waals surface area contributed by atoms with Gasteiger partial charge in [0.2, 0.25) is 5.95 Å². The summed E-state index contributed by atoms with van der Waals surface area (Å²) >= 11 is 0. The topological polar surface area (TPSA) is 93.6 Å². The van der Waals surface area contributed by atoms with Crippen LogP contribution in [0.4, 0.5) is 26.1 Å². The summed E-state index contributed by atoms with van der Waals surface area (Å²) in [7, 11) is 0. The minimum absolute atomic E-state index is 0.0906. The SMILES string of the molecule is C[C@@H]1C[C@H](N)CN(c2ccncc2Nc2ncc3ccc(-c4c(F)cc(C5CCOCC5)cc4F)nn23)C1. The van der Waals surface area contributed by atoms with E-state index in [9.17, 15) is 0 Å². The molecule has 2 aliphatic rings. The lowest BCUT2D eigenvalue weighted by molar-refractivity contribution is 0.0852. The molecule has 3 aromatic heterocycles. The van der Waals surface area contributed by atoms with Crippen molar-refractivity contribution in [2.45, 2.75) is 38.1 Å². The Kier molecular flexibility index (Phi) is 6.67. The third-order valence-corrected chi connectivity index (χ3v) is 7.47. The molecular formula is C28H31F2N7O. The molecule has 0 bridgehead atoms. The molecule has 0 saturated carbocycles. The molecule has 0 aliphatic carbocycles. The van der Waals surface area contributed by atoms with Gasteiger partial charge in [-0.2, -0.15) is 9.61 Å². The van der Waals surface area contributed by atoms with Gasteiger partial charge in [0.25, 0.3) is 0 Å². The predicted octanol–water partition coefficient (Wildman–Crippen LogP) is 4.88. The van der Waals surface area contributed by atoms with Crippen LogP contribution >= 0.6 is 0 Å². The van der Waals surface area contributed by atoms with Crippen LogP contribution < -0.4 is 16.0 Å². The zero-order chi connectivity index (χ0) is 26.2. The van der Waals surface area contributed by atoms with Crippen molar-refractivity contribution in [2.24, 2.45) is 11.7 Å². The van der Waals surface area contributed by atoms with E-state index in [1.165, 1.54) is 12.1 Å². The molecule has 2 aliphatic heterocycles. The number of hydrogen-bond acceptors (Lipinski definition) is 7. The fourth-order valence-electron chi connectivity index (χ4n) is 5.68. The first-order chi connectivity index (χ1) is 18.5. The van der Waals surface area contributed by atoms with Crippen LogP contribution in [0, 0.1) is 17.6 Å². The Hall–Kier alpha value is -3.63. The van der Waals surface area contributed by atoms with Gasteiger partial charge in [0.1, 0.15) is 11.6 Å². The van der Waals surface area contributed by atoms with Crippen molar-refractivity contribution in [1.82, 2.24) is 19.6 Å². The van der Waals surface area contributed by atoms with Gasteiger partial charge in [-0.25, -0.2) is 13.8 Å². The molecule has 2 fully saturated rings. The number of piperidine rings is 1. The largest absolute Gasteiger partial charge is 0.381 e. The second-order valence-electron chi connectivity index (χ2n) is 10.4. The van der Waals surface area contributed by atoms with Gasteiger partial charge in [-0.15, -0.1) is 0 Å². The Morgan fingerprint density at radius 3 is 2.61 bits per heavy atom. The average Bonchev–Trinajstić information content (AvgIpc) is 3.30. The highest BCUT2D eigenvalue weighted by Crippen LogP contribution is 2.34. The molecule has 2 atom stereocenters. The molecule has 3 N–H and O–H groups in total. The third-order valence-electron chi connectivity index (χ3n) is 7.47. The molecule has 0 spiro atoms. The van der Waals surface area contributed by atoms with E-state index in [1.807, 2.05) is 6.07 Å². The summed E-state index contributed by atoms with van der Waals surface area (Å²) in [6.45, 7) is 5.04. The molecule has 6 rings (SSSR count). The van der Waals surface area contributed by atoms with Gasteiger partial charge in [-0.05, 0) is 67.0 Å². The number of nitrogens with two attached hydrogens (primary N) is 1. The maximum atomic E-state index is 15.3. The summed E-state index contributed by atoms with van der Waals surface area (Å²) in [6.07, 6.45) is 7.65. The standard InChI is InChI=1S/C28H31F2N7O/c1-17-10-20(31)16-36(15-17)26-4-7-32-14-25(26)34-28-33-13-21-2-3-24(35-37(21)28)27-22(29)11-19(12-23(27)30)18-5-8-38-9-6-18/h2-4,7,11-14,17-18,20H,5-6,8-10,15-16,31H2,1H3,(H,33,34)/t17-,20+/m1/s1. The number of hydrogen-bond donors (Lipinski definition) is 2. The maximum absolute atomic E-state index is 15.3. The molecule has 5 heterocycles. The van der Waals surface area contributed by atoms with Crippen LogP contribution in [0.2, 0.25) is 0 Å². The van der Waals surface area contributed by atoms with Gasteiger partial charge >= 0.3 is 0 Å². The second-order valence-corrected chi connectivity index (χ2v) is 10.4. The monoisotopic (exact) mass is 519 g/mol. The first-order valence-electron chi connectivity index (χ1n) is 13.1. The lowest BCUT2D eigenvalue weighted by atomic mass is 9.90. The molecule has 198 valence electrons. The lowest BCUT2D eigenvalue weighted by Gasteiger charge is -2.37. The normalized spacial score (nSPS) is 20.7. The van der Waals surface area contributed by atoms with Gasteiger partial charge in [0, 0.05) is 38.5 Å². The van der Waals surface area contributed by atoms with Gasteiger partial charge in [0.15, 0.2) is 0 Å². The van der Waals surface area contributed by atoms with Crippen molar-refractivity contribution >= 4 is 22.8 Å². The minimum atomic E-state index is -0.627. The van der Waals surface area contributed by atoms with Gasteiger partial charge < -0.3 is 20.7 Å². The van der Waals surface area contributed by atoms with Crippen LogP contribution in [0.25, 0.3) is 16.8 Å². The Bertz CT molecular complexity index is 1420. The number of halogens is 2. The molecule has 0 unspecified atom stereocenters. The Morgan fingerprint density at radius 2 is 1.84 bits per heavy atom. The summed E-state index contributed by atoms with van der Waals surface area (Å²) in [4.78, 5) is 11.0. The van der Waals surface area contributed by atoms with Gasteiger partial charge in [0.05, 0.1) is 40.5 Å². The number of nitrogens with zero attached hydrogens (tertiary/aromatic N) is 5. The van der Waals surface area contributed by atoms with E-state index in [-0.39, 0.29) is 23.2 Å². The number of fused-ring (bicyclic) bond motifs is 1. The highest BCUT2D eigenvalue weighted by molar-refractivity contribution is 5.74. The Morgan fingerprint density at radius 1 is 1.05 bits per heavy atom. The molecule has 0 amide bonds. The van der Waals surface area contributed by atoms with Gasteiger partial charge in [-0.3, -0.25) is 4.98 Å². The van der Waals surface area contributed by atoms with Crippen LogP contribution in [0.15, 0.2) is 48.9 Å². The smallest absolute Gasteiger partial charge is 0.229 e. The first kappa shape index (κ1) is 24.7.